The van der Waals surface area contributed by atoms with Gasteiger partial charge < -0.3 is 11.1 Å². The largest absolute Gasteiger partial charge is 0.399 e. The van der Waals surface area contributed by atoms with Gasteiger partial charge in [-0.15, -0.1) is 0 Å². The van der Waals surface area contributed by atoms with Crippen LogP contribution in [-0.2, 0) is 0 Å². The number of nitrogens with two attached hydrogens (primary N) is 1. The number of aryl methyl sites for hydroxylation is 1. The number of amides is 1. The Morgan fingerprint density at radius 3 is 2.63 bits per heavy atom. The first-order valence-electron chi connectivity index (χ1n) is 6.15. The third-order valence-corrected chi connectivity index (χ3v) is 3.06. The molecule has 1 heterocycles. The molecule has 2 rings (SSSR count). The molecule has 1 aromatic heterocycles. The van der Waals surface area contributed by atoms with Crippen LogP contribution in [0.2, 0.25) is 0 Å². The molecule has 0 bridgehead atoms. The molecular weight excluding hydrogens is 238 g/mol. The summed E-state index contributed by atoms with van der Waals surface area (Å²) in [4.78, 5) is 16.2. The van der Waals surface area contributed by atoms with Crippen molar-refractivity contribution in [3.8, 4) is 0 Å². The second-order valence-corrected chi connectivity index (χ2v) is 4.55. The number of aromatic nitrogens is 1. The van der Waals surface area contributed by atoms with Gasteiger partial charge in [0.25, 0.3) is 5.91 Å². The van der Waals surface area contributed by atoms with Gasteiger partial charge in [-0.3, -0.25) is 9.78 Å². The van der Waals surface area contributed by atoms with Gasteiger partial charge >= 0.3 is 0 Å². The Bertz CT molecular complexity index is 581. The smallest absolute Gasteiger partial charge is 0.252 e. The molecule has 19 heavy (non-hydrogen) atoms. The van der Waals surface area contributed by atoms with Crippen LogP contribution in [0.1, 0.15) is 34.5 Å². The van der Waals surface area contributed by atoms with E-state index in [4.69, 9.17) is 5.73 Å². The van der Waals surface area contributed by atoms with Gasteiger partial charge in [-0.05, 0) is 49.2 Å². The second kappa shape index (κ2) is 5.52. The van der Waals surface area contributed by atoms with Crippen molar-refractivity contribution >= 4 is 11.6 Å². The molecule has 3 N–H and O–H groups in total. The molecule has 1 aromatic carbocycles. The highest BCUT2D eigenvalue weighted by atomic mass is 16.1. The molecule has 0 radical (unpaired) electrons. The van der Waals surface area contributed by atoms with Crippen molar-refractivity contribution in [1.82, 2.24) is 10.3 Å². The van der Waals surface area contributed by atoms with E-state index in [9.17, 15) is 4.79 Å². The topological polar surface area (TPSA) is 68.0 Å². The SMILES string of the molecule is Cc1ccc(N)cc1C(=O)NC(C)c1ccncc1. The zero-order valence-electron chi connectivity index (χ0n) is 11.1. The molecule has 1 amide bonds. The fraction of sp³-hybridized carbons (Fsp3) is 0.200. The van der Waals surface area contributed by atoms with Crippen LogP contribution in [-0.4, -0.2) is 10.9 Å². The minimum Gasteiger partial charge on any atom is -0.399 e. The fourth-order valence-corrected chi connectivity index (χ4v) is 1.89. The standard InChI is InChI=1S/C15H17N3O/c1-10-3-4-13(16)9-14(10)15(19)18-11(2)12-5-7-17-8-6-12/h3-9,11H,16H2,1-2H3,(H,18,19). The van der Waals surface area contributed by atoms with Gasteiger partial charge in [0.1, 0.15) is 0 Å². The fourth-order valence-electron chi connectivity index (χ4n) is 1.89. The number of rotatable bonds is 3. The van der Waals surface area contributed by atoms with Crippen molar-refractivity contribution in [3.63, 3.8) is 0 Å². The Hall–Kier alpha value is -2.36. The number of anilines is 1. The summed E-state index contributed by atoms with van der Waals surface area (Å²) in [6.45, 7) is 3.83. The zero-order chi connectivity index (χ0) is 13.8. The summed E-state index contributed by atoms with van der Waals surface area (Å²) in [5.74, 6) is -0.117. The van der Waals surface area contributed by atoms with Gasteiger partial charge in [0.15, 0.2) is 0 Å². The minimum atomic E-state index is -0.117. The van der Waals surface area contributed by atoms with E-state index in [1.165, 1.54) is 0 Å². The Kier molecular flexibility index (Phi) is 3.80. The first kappa shape index (κ1) is 13.1. The average Bonchev–Trinajstić information content (AvgIpc) is 2.42. The third-order valence-electron chi connectivity index (χ3n) is 3.06. The second-order valence-electron chi connectivity index (χ2n) is 4.55. The molecule has 0 saturated heterocycles. The van der Waals surface area contributed by atoms with Crippen molar-refractivity contribution < 1.29 is 4.79 Å². The molecule has 98 valence electrons. The number of carbonyl (C=O) groups excluding carboxylic acids is 1. The molecule has 0 aliphatic heterocycles. The van der Waals surface area contributed by atoms with Crippen LogP contribution in [0.25, 0.3) is 0 Å². The maximum absolute atomic E-state index is 12.2. The number of nitrogens with zero attached hydrogens (tertiary/aromatic N) is 1. The maximum atomic E-state index is 12.2. The Morgan fingerprint density at radius 1 is 1.26 bits per heavy atom. The molecule has 0 aliphatic rings. The number of nitrogens with one attached hydrogen (secondary N) is 1. The van der Waals surface area contributed by atoms with Crippen LogP contribution in [0.3, 0.4) is 0 Å². The number of hydrogen-bond acceptors (Lipinski definition) is 3. The van der Waals surface area contributed by atoms with Gasteiger partial charge in [0.2, 0.25) is 0 Å². The van der Waals surface area contributed by atoms with Gasteiger partial charge in [0, 0.05) is 23.6 Å². The van der Waals surface area contributed by atoms with Gasteiger partial charge in [-0.2, -0.15) is 0 Å². The lowest BCUT2D eigenvalue weighted by atomic mass is 10.1. The monoisotopic (exact) mass is 255 g/mol. The first-order valence-corrected chi connectivity index (χ1v) is 6.15. The molecule has 0 spiro atoms. The van der Waals surface area contributed by atoms with Crippen LogP contribution in [0.4, 0.5) is 5.69 Å². The molecular formula is C15H17N3O. The van der Waals surface area contributed by atoms with Gasteiger partial charge in [-0.1, -0.05) is 6.07 Å². The van der Waals surface area contributed by atoms with Crippen LogP contribution in [0, 0.1) is 6.92 Å². The summed E-state index contributed by atoms with van der Waals surface area (Å²) in [5, 5.41) is 2.96. The number of carbonyl (C=O) groups is 1. The molecule has 0 aliphatic carbocycles. The molecule has 2 aromatic rings. The Morgan fingerprint density at radius 2 is 1.95 bits per heavy atom. The van der Waals surface area contributed by atoms with Gasteiger partial charge in [0.05, 0.1) is 6.04 Å². The molecule has 0 saturated carbocycles. The minimum absolute atomic E-state index is 0.0728. The van der Waals surface area contributed by atoms with Crippen LogP contribution in [0.15, 0.2) is 42.7 Å². The number of pyridine rings is 1. The maximum Gasteiger partial charge on any atom is 0.252 e. The normalized spacial score (nSPS) is 11.9. The predicted octanol–water partition coefficient (Wildman–Crippen LogP) is 2.46. The van der Waals surface area contributed by atoms with E-state index in [1.54, 1.807) is 24.5 Å². The lowest BCUT2D eigenvalue weighted by Gasteiger charge is -2.15. The predicted molar refractivity (Wildman–Crippen MR) is 75.7 cm³/mol. The van der Waals surface area contributed by atoms with Crippen molar-refractivity contribution in [1.29, 1.82) is 0 Å². The Labute approximate surface area is 112 Å². The summed E-state index contributed by atoms with van der Waals surface area (Å²) in [7, 11) is 0. The summed E-state index contributed by atoms with van der Waals surface area (Å²) in [5.41, 5.74) is 8.85. The van der Waals surface area contributed by atoms with Crippen molar-refractivity contribution in [2.24, 2.45) is 0 Å². The van der Waals surface area contributed by atoms with E-state index < -0.39 is 0 Å². The molecule has 4 nitrogen and oxygen atoms in total. The van der Waals surface area contributed by atoms with Crippen LogP contribution >= 0.6 is 0 Å². The summed E-state index contributed by atoms with van der Waals surface area (Å²) in [6, 6.07) is 9.04. The lowest BCUT2D eigenvalue weighted by Crippen LogP contribution is -2.27. The zero-order valence-corrected chi connectivity index (χ0v) is 11.1. The first-order chi connectivity index (χ1) is 9.08. The summed E-state index contributed by atoms with van der Waals surface area (Å²) < 4.78 is 0. The highest BCUT2D eigenvalue weighted by Crippen LogP contribution is 2.15. The van der Waals surface area contributed by atoms with E-state index in [0.29, 0.717) is 11.3 Å². The van der Waals surface area contributed by atoms with Crippen molar-refractivity contribution in [2.45, 2.75) is 19.9 Å². The summed E-state index contributed by atoms with van der Waals surface area (Å²) in [6.07, 6.45) is 3.42. The highest BCUT2D eigenvalue weighted by Gasteiger charge is 2.13. The van der Waals surface area contributed by atoms with E-state index >= 15 is 0 Å². The van der Waals surface area contributed by atoms with Crippen molar-refractivity contribution in [3.05, 3.63) is 59.4 Å². The number of hydrogen-bond donors (Lipinski definition) is 2. The van der Waals surface area contributed by atoms with E-state index in [2.05, 4.69) is 10.3 Å². The van der Waals surface area contributed by atoms with E-state index in [-0.39, 0.29) is 11.9 Å². The summed E-state index contributed by atoms with van der Waals surface area (Å²) >= 11 is 0. The van der Waals surface area contributed by atoms with Crippen LogP contribution < -0.4 is 11.1 Å². The van der Waals surface area contributed by atoms with E-state index in [0.717, 1.165) is 11.1 Å². The molecule has 1 atom stereocenters. The molecule has 0 fully saturated rings. The number of nitrogen functional groups attached to an aromatic ring is 1. The highest BCUT2D eigenvalue weighted by molar-refractivity contribution is 5.96. The van der Waals surface area contributed by atoms with Crippen molar-refractivity contribution in [2.75, 3.05) is 5.73 Å². The number of benzene rings is 1. The van der Waals surface area contributed by atoms with Gasteiger partial charge in [-0.25, -0.2) is 0 Å². The molecule has 4 heteroatoms. The van der Waals surface area contributed by atoms with E-state index in [1.807, 2.05) is 32.0 Å². The average molecular weight is 255 g/mol. The third kappa shape index (κ3) is 3.10. The quantitative estimate of drug-likeness (QED) is 0.828. The van der Waals surface area contributed by atoms with Crippen LogP contribution in [0.5, 0.6) is 0 Å². The molecule has 1 unspecified atom stereocenters. The lowest BCUT2D eigenvalue weighted by molar-refractivity contribution is 0.0939. The Balaban J connectivity index is 2.15.